The van der Waals surface area contributed by atoms with Gasteiger partial charge < -0.3 is 19.4 Å². The van der Waals surface area contributed by atoms with Gasteiger partial charge in [0, 0.05) is 24.0 Å². The molecule has 0 bridgehead atoms. The number of ether oxygens (including phenoxy) is 2. The normalized spacial score (nSPS) is 14.0. The molecule has 6 nitrogen and oxygen atoms in total. The Morgan fingerprint density at radius 2 is 1.93 bits per heavy atom. The molecular formula is C22H19N3O3S. The van der Waals surface area contributed by atoms with Crippen molar-refractivity contribution in [1.82, 2.24) is 14.9 Å². The van der Waals surface area contributed by atoms with E-state index in [0.717, 1.165) is 27.2 Å². The van der Waals surface area contributed by atoms with Crippen molar-refractivity contribution >= 4 is 27.5 Å². The summed E-state index contributed by atoms with van der Waals surface area (Å²) in [6, 6.07) is 13.4. The number of thiophene rings is 1. The number of pyridine rings is 1. The van der Waals surface area contributed by atoms with Crippen LogP contribution < -0.4 is 14.8 Å². The van der Waals surface area contributed by atoms with E-state index in [1.807, 2.05) is 66.3 Å². The van der Waals surface area contributed by atoms with Gasteiger partial charge in [-0.3, -0.25) is 4.79 Å². The number of amides is 1. The van der Waals surface area contributed by atoms with Crippen LogP contribution in [0.15, 0.2) is 61.1 Å². The van der Waals surface area contributed by atoms with Crippen LogP contribution in [0.3, 0.4) is 0 Å². The second kappa shape index (κ2) is 7.25. The maximum Gasteiger partial charge on any atom is 0.264 e. The van der Waals surface area contributed by atoms with Gasteiger partial charge in [0.15, 0.2) is 11.5 Å². The Kier molecular flexibility index (Phi) is 4.44. The zero-order chi connectivity index (χ0) is 19.8. The SMILES string of the molecule is CC(NC(=O)c1sc2ncccc2c1-n1cccc1)c1ccc2c(c1)OCCO2. The molecule has 0 fully saturated rings. The first-order valence-electron chi connectivity index (χ1n) is 9.42. The van der Waals surface area contributed by atoms with E-state index in [2.05, 4.69) is 10.3 Å². The lowest BCUT2D eigenvalue weighted by molar-refractivity contribution is 0.0944. The Bertz CT molecular complexity index is 1180. The van der Waals surface area contributed by atoms with Crippen LogP contribution in [0.2, 0.25) is 0 Å². The minimum absolute atomic E-state index is 0.126. The summed E-state index contributed by atoms with van der Waals surface area (Å²) in [7, 11) is 0. The molecule has 146 valence electrons. The van der Waals surface area contributed by atoms with E-state index in [4.69, 9.17) is 9.47 Å². The largest absolute Gasteiger partial charge is 0.486 e. The number of aromatic nitrogens is 2. The summed E-state index contributed by atoms with van der Waals surface area (Å²) in [6.45, 7) is 3.05. The standard InChI is InChI=1S/C22H19N3O3S/c1-14(15-6-7-17-18(13-15)28-12-11-27-17)24-21(26)20-19(25-9-2-3-10-25)16-5-4-8-23-22(16)29-20/h2-10,13-14H,11-12H2,1H3,(H,24,26). The molecule has 1 aliphatic rings. The van der Waals surface area contributed by atoms with Crippen LogP contribution >= 0.6 is 11.3 Å². The second-order valence-corrected chi connectivity index (χ2v) is 7.82. The zero-order valence-electron chi connectivity index (χ0n) is 15.8. The van der Waals surface area contributed by atoms with Gasteiger partial charge in [0.1, 0.15) is 22.9 Å². The van der Waals surface area contributed by atoms with E-state index in [1.165, 1.54) is 11.3 Å². The Labute approximate surface area is 171 Å². The summed E-state index contributed by atoms with van der Waals surface area (Å²) in [5.74, 6) is 1.33. The number of carbonyl (C=O) groups is 1. The highest BCUT2D eigenvalue weighted by Crippen LogP contribution is 2.35. The minimum Gasteiger partial charge on any atom is -0.486 e. The van der Waals surface area contributed by atoms with E-state index >= 15 is 0 Å². The topological polar surface area (TPSA) is 65.4 Å². The molecule has 4 heterocycles. The number of benzene rings is 1. The van der Waals surface area contributed by atoms with Crippen LogP contribution in [0.4, 0.5) is 0 Å². The van der Waals surface area contributed by atoms with Crippen molar-refractivity contribution in [2.45, 2.75) is 13.0 Å². The van der Waals surface area contributed by atoms with Crippen molar-refractivity contribution in [3.8, 4) is 17.2 Å². The van der Waals surface area contributed by atoms with Crippen molar-refractivity contribution in [1.29, 1.82) is 0 Å². The lowest BCUT2D eigenvalue weighted by Crippen LogP contribution is -2.27. The first kappa shape index (κ1) is 17.8. The number of hydrogen-bond acceptors (Lipinski definition) is 5. The molecule has 1 unspecified atom stereocenters. The molecule has 3 aromatic heterocycles. The maximum atomic E-state index is 13.2. The van der Waals surface area contributed by atoms with Crippen LogP contribution in [-0.4, -0.2) is 28.7 Å². The molecule has 5 rings (SSSR count). The van der Waals surface area contributed by atoms with Crippen molar-refractivity contribution in [2.75, 3.05) is 13.2 Å². The number of nitrogens with zero attached hydrogens (tertiary/aromatic N) is 2. The Hall–Kier alpha value is -3.32. The van der Waals surface area contributed by atoms with Crippen LogP contribution in [0.1, 0.15) is 28.2 Å². The maximum absolute atomic E-state index is 13.2. The molecule has 0 radical (unpaired) electrons. The minimum atomic E-state index is -0.186. The summed E-state index contributed by atoms with van der Waals surface area (Å²) in [6.07, 6.45) is 5.63. The highest BCUT2D eigenvalue weighted by atomic mass is 32.1. The first-order chi connectivity index (χ1) is 14.2. The molecule has 1 aliphatic heterocycles. The fraction of sp³-hybridized carbons (Fsp3) is 0.182. The molecule has 29 heavy (non-hydrogen) atoms. The third-order valence-corrected chi connectivity index (χ3v) is 6.02. The van der Waals surface area contributed by atoms with Gasteiger partial charge in [-0.05, 0) is 48.9 Å². The number of fused-ring (bicyclic) bond motifs is 2. The van der Waals surface area contributed by atoms with Crippen molar-refractivity contribution in [3.05, 3.63) is 71.5 Å². The average Bonchev–Trinajstić information content (AvgIpc) is 3.40. The third kappa shape index (κ3) is 3.23. The van der Waals surface area contributed by atoms with Gasteiger partial charge in [0.05, 0.1) is 11.7 Å². The third-order valence-electron chi connectivity index (χ3n) is 4.92. The Morgan fingerprint density at radius 1 is 1.14 bits per heavy atom. The molecule has 1 atom stereocenters. The smallest absolute Gasteiger partial charge is 0.264 e. The van der Waals surface area contributed by atoms with E-state index in [-0.39, 0.29) is 11.9 Å². The number of hydrogen-bond donors (Lipinski definition) is 1. The fourth-order valence-corrected chi connectivity index (χ4v) is 4.53. The van der Waals surface area contributed by atoms with E-state index in [9.17, 15) is 4.79 Å². The lowest BCUT2D eigenvalue weighted by Gasteiger charge is -2.21. The Morgan fingerprint density at radius 3 is 2.76 bits per heavy atom. The molecule has 0 saturated carbocycles. The quantitative estimate of drug-likeness (QED) is 0.548. The van der Waals surface area contributed by atoms with E-state index in [0.29, 0.717) is 23.8 Å². The zero-order valence-corrected chi connectivity index (χ0v) is 16.6. The van der Waals surface area contributed by atoms with Crippen molar-refractivity contribution < 1.29 is 14.3 Å². The molecule has 7 heteroatoms. The van der Waals surface area contributed by atoms with Crippen LogP contribution in [0, 0.1) is 0 Å². The summed E-state index contributed by atoms with van der Waals surface area (Å²) in [5.41, 5.74) is 1.82. The predicted molar refractivity (Wildman–Crippen MR) is 112 cm³/mol. The molecule has 0 saturated heterocycles. The summed E-state index contributed by atoms with van der Waals surface area (Å²) >= 11 is 1.40. The molecule has 0 spiro atoms. The van der Waals surface area contributed by atoms with Gasteiger partial charge >= 0.3 is 0 Å². The van der Waals surface area contributed by atoms with Gasteiger partial charge in [-0.25, -0.2) is 4.98 Å². The van der Waals surface area contributed by atoms with Gasteiger partial charge in [-0.1, -0.05) is 6.07 Å². The average molecular weight is 405 g/mol. The fourth-order valence-electron chi connectivity index (χ4n) is 3.49. The summed E-state index contributed by atoms with van der Waals surface area (Å²) < 4.78 is 13.2. The van der Waals surface area contributed by atoms with Gasteiger partial charge in [-0.2, -0.15) is 0 Å². The highest BCUT2D eigenvalue weighted by molar-refractivity contribution is 7.21. The lowest BCUT2D eigenvalue weighted by atomic mass is 10.1. The molecule has 1 amide bonds. The number of rotatable bonds is 4. The number of nitrogens with one attached hydrogen (secondary N) is 1. The van der Waals surface area contributed by atoms with Crippen molar-refractivity contribution in [2.24, 2.45) is 0 Å². The van der Waals surface area contributed by atoms with Gasteiger partial charge in [0.25, 0.3) is 5.91 Å². The van der Waals surface area contributed by atoms with Crippen molar-refractivity contribution in [3.63, 3.8) is 0 Å². The number of carbonyl (C=O) groups excluding carboxylic acids is 1. The monoisotopic (exact) mass is 405 g/mol. The van der Waals surface area contributed by atoms with Gasteiger partial charge in [-0.15, -0.1) is 11.3 Å². The summed E-state index contributed by atoms with van der Waals surface area (Å²) in [5, 5.41) is 4.08. The van der Waals surface area contributed by atoms with Crippen LogP contribution in [0.25, 0.3) is 15.9 Å². The Balaban J connectivity index is 1.47. The first-order valence-corrected chi connectivity index (χ1v) is 10.2. The molecule has 0 aliphatic carbocycles. The molecule has 1 N–H and O–H groups in total. The van der Waals surface area contributed by atoms with E-state index in [1.54, 1.807) is 6.20 Å². The summed E-state index contributed by atoms with van der Waals surface area (Å²) in [4.78, 5) is 19.1. The molecule has 1 aromatic carbocycles. The molecule has 4 aromatic rings. The molecular weight excluding hydrogens is 386 g/mol. The van der Waals surface area contributed by atoms with E-state index < -0.39 is 0 Å². The highest BCUT2D eigenvalue weighted by Gasteiger charge is 2.22. The second-order valence-electron chi connectivity index (χ2n) is 6.82. The van der Waals surface area contributed by atoms with Crippen LogP contribution in [0.5, 0.6) is 11.5 Å². The van der Waals surface area contributed by atoms with Gasteiger partial charge in [0.2, 0.25) is 0 Å². The van der Waals surface area contributed by atoms with Crippen LogP contribution in [-0.2, 0) is 0 Å². The predicted octanol–water partition coefficient (Wildman–Crippen LogP) is 4.35.